The molecular weight excluding hydrogens is 151 g/mol. The van der Waals surface area contributed by atoms with E-state index in [1.807, 2.05) is 27.7 Å². The average molecular weight is 167 g/mol. The number of hydrogen-bond acceptors (Lipinski definition) is 2. The topological polar surface area (TPSA) is 18.5 Å². The maximum atomic E-state index is 5.64. The van der Waals surface area contributed by atoms with Crippen LogP contribution in [0.15, 0.2) is 12.1 Å². The van der Waals surface area contributed by atoms with Crippen LogP contribution in [0, 0.1) is 6.92 Å². The molecule has 1 saturated heterocycles. The number of rotatable bonds is 1. The van der Waals surface area contributed by atoms with Crippen molar-refractivity contribution in [1.29, 1.82) is 0 Å². The van der Waals surface area contributed by atoms with Gasteiger partial charge in [0.1, 0.15) is 5.60 Å². The summed E-state index contributed by atoms with van der Waals surface area (Å²) in [6.45, 7) is 15.5. The van der Waals surface area contributed by atoms with Crippen LogP contribution in [0.1, 0.15) is 27.7 Å². The molecule has 1 aliphatic rings. The molecule has 12 heavy (non-hydrogen) atoms. The third-order valence-corrected chi connectivity index (χ3v) is 2.44. The maximum absolute atomic E-state index is 5.64. The Bertz CT molecular complexity index is 193. The van der Waals surface area contributed by atoms with E-state index in [9.17, 15) is 0 Å². The van der Waals surface area contributed by atoms with Gasteiger partial charge in [0.05, 0.1) is 6.92 Å². The van der Waals surface area contributed by atoms with Crippen LogP contribution in [0.2, 0.25) is 0 Å². The highest BCUT2D eigenvalue weighted by molar-refractivity contribution is 6.54. The second-order valence-electron chi connectivity index (χ2n) is 4.16. The Morgan fingerprint density at radius 1 is 1.33 bits per heavy atom. The number of allylic oxidation sites excluding steroid dienone is 1. The number of hydrogen-bond donors (Lipinski definition) is 0. The van der Waals surface area contributed by atoms with Crippen molar-refractivity contribution in [3.63, 3.8) is 0 Å². The summed E-state index contributed by atoms with van der Waals surface area (Å²) in [5.74, 6) is 0. The first-order valence-corrected chi connectivity index (χ1v) is 4.13. The predicted molar refractivity (Wildman–Crippen MR) is 50.6 cm³/mol. The van der Waals surface area contributed by atoms with Gasteiger partial charge in [-0.05, 0) is 20.8 Å². The van der Waals surface area contributed by atoms with Gasteiger partial charge in [0.15, 0.2) is 0 Å². The third-order valence-electron chi connectivity index (χ3n) is 2.44. The van der Waals surface area contributed by atoms with E-state index in [1.54, 1.807) is 0 Å². The van der Waals surface area contributed by atoms with Gasteiger partial charge in [-0.1, -0.05) is 5.47 Å². The van der Waals surface area contributed by atoms with E-state index in [0.717, 1.165) is 5.47 Å². The monoisotopic (exact) mass is 167 g/mol. The van der Waals surface area contributed by atoms with Crippen LogP contribution in [0.5, 0.6) is 0 Å². The Kier molecular flexibility index (Phi) is 2.05. The van der Waals surface area contributed by atoms with Crippen LogP contribution in [0.25, 0.3) is 0 Å². The summed E-state index contributed by atoms with van der Waals surface area (Å²) in [5.41, 5.74) is 0.0446. The molecule has 0 bridgehead atoms. The molecule has 66 valence electrons. The molecule has 1 atom stereocenters. The van der Waals surface area contributed by atoms with E-state index >= 15 is 0 Å². The second-order valence-corrected chi connectivity index (χ2v) is 4.16. The van der Waals surface area contributed by atoms with E-state index in [-0.39, 0.29) is 12.7 Å². The van der Waals surface area contributed by atoms with Crippen LogP contribution >= 0.6 is 0 Å². The van der Waals surface area contributed by atoms with E-state index in [4.69, 9.17) is 9.31 Å². The van der Waals surface area contributed by atoms with Crippen LogP contribution in [0.4, 0.5) is 0 Å². The molecule has 1 heterocycles. The molecule has 0 saturated carbocycles. The molecule has 0 aromatic rings. The van der Waals surface area contributed by atoms with Crippen molar-refractivity contribution in [2.45, 2.75) is 38.9 Å². The Labute approximate surface area is 75.1 Å². The second kappa shape index (κ2) is 2.54. The van der Waals surface area contributed by atoms with Crippen molar-refractivity contribution < 1.29 is 9.31 Å². The molecule has 2 nitrogen and oxygen atoms in total. The van der Waals surface area contributed by atoms with Gasteiger partial charge in [0, 0.05) is 6.92 Å². The molecule has 0 aliphatic carbocycles. The van der Waals surface area contributed by atoms with E-state index < -0.39 is 5.60 Å². The van der Waals surface area contributed by atoms with Crippen molar-refractivity contribution >= 4 is 7.12 Å². The first-order chi connectivity index (χ1) is 5.26. The summed E-state index contributed by atoms with van der Waals surface area (Å²) in [6, 6.07) is 0. The van der Waals surface area contributed by atoms with Crippen LogP contribution < -0.4 is 0 Å². The predicted octanol–water partition coefficient (Wildman–Crippen LogP) is 2.01. The lowest BCUT2D eigenvalue weighted by atomic mass is 9.81. The highest BCUT2D eigenvalue weighted by Gasteiger charge is 2.56. The fraction of sp³-hybridized carbons (Fsp3) is 0.667. The SMILES string of the molecule is C=C(C)B1OC([CH2+])(C)C(C)(C)O1. The minimum absolute atomic E-state index is 0.303. The molecule has 0 radical (unpaired) electrons. The standard InChI is InChI=1S/C9H16BO2/c1-7(2)10-11-8(3,4)9(5,6)12-10/h1,3H2,2,4-6H3/q+1. The molecule has 0 aromatic heterocycles. The van der Waals surface area contributed by atoms with E-state index in [2.05, 4.69) is 13.5 Å². The highest BCUT2D eigenvalue weighted by Crippen LogP contribution is 2.37. The largest absolute Gasteiger partial charge is 0.492 e. The molecule has 1 fully saturated rings. The van der Waals surface area contributed by atoms with Gasteiger partial charge in [0.2, 0.25) is 5.60 Å². The van der Waals surface area contributed by atoms with Gasteiger partial charge in [-0.2, -0.15) is 0 Å². The normalized spacial score (nSPS) is 33.8. The summed E-state index contributed by atoms with van der Waals surface area (Å²) in [4.78, 5) is 0. The Morgan fingerprint density at radius 3 is 2.00 bits per heavy atom. The summed E-state index contributed by atoms with van der Waals surface area (Å²) in [6.07, 6.45) is 0. The first-order valence-electron chi connectivity index (χ1n) is 4.13. The minimum Gasteiger partial charge on any atom is -0.395 e. The lowest BCUT2D eigenvalue weighted by molar-refractivity contribution is 0.0262. The lowest BCUT2D eigenvalue weighted by Crippen LogP contribution is -2.42. The van der Waals surface area contributed by atoms with Gasteiger partial charge in [-0.25, -0.2) is 0 Å². The molecule has 1 unspecified atom stereocenters. The molecule has 0 spiro atoms. The zero-order chi connectivity index (χ0) is 9.57. The zero-order valence-corrected chi connectivity index (χ0v) is 8.31. The van der Waals surface area contributed by atoms with E-state index in [0.29, 0.717) is 0 Å². The quantitative estimate of drug-likeness (QED) is 0.439. The van der Waals surface area contributed by atoms with Gasteiger partial charge >= 0.3 is 7.12 Å². The molecular formula is C9H16BO2+. The van der Waals surface area contributed by atoms with Crippen molar-refractivity contribution in [3.05, 3.63) is 19.0 Å². The first kappa shape index (κ1) is 9.68. The van der Waals surface area contributed by atoms with Gasteiger partial charge in [0.25, 0.3) is 0 Å². The lowest BCUT2D eigenvalue weighted by Gasteiger charge is -2.25. The van der Waals surface area contributed by atoms with Crippen LogP contribution in [-0.4, -0.2) is 18.3 Å². The fourth-order valence-electron chi connectivity index (χ4n) is 0.996. The van der Waals surface area contributed by atoms with Crippen molar-refractivity contribution in [2.24, 2.45) is 0 Å². The summed E-state index contributed by atoms with van der Waals surface area (Å²) in [7, 11) is -0.303. The molecule has 0 amide bonds. The maximum Gasteiger partial charge on any atom is 0.492 e. The molecule has 0 N–H and O–H groups in total. The molecule has 0 aromatic carbocycles. The van der Waals surface area contributed by atoms with Crippen molar-refractivity contribution in [2.75, 3.05) is 0 Å². The van der Waals surface area contributed by atoms with Gasteiger partial charge in [-0.3, -0.25) is 0 Å². The van der Waals surface area contributed by atoms with Crippen LogP contribution in [-0.2, 0) is 9.31 Å². The molecule has 1 rings (SSSR count). The summed E-state index contributed by atoms with van der Waals surface area (Å²) in [5, 5.41) is 0. The van der Waals surface area contributed by atoms with Gasteiger partial charge in [-0.15, -0.1) is 6.58 Å². The minimum atomic E-state index is -0.489. The Morgan fingerprint density at radius 2 is 1.83 bits per heavy atom. The van der Waals surface area contributed by atoms with E-state index in [1.165, 1.54) is 0 Å². The third kappa shape index (κ3) is 1.39. The average Bonchev–Trinajstić information content (AvgIpc) is 2.03. The van der Waals surface area contributed by atoms with Crippen molar-refractivity contribution in [1.82, 2.24) is 0 Å². The molecule has 3 heteroatoms. The fourth-order valence-corrected chi connectivity index (χ4v) is 0.996. The smallest absolute Gasteiger partial charge is 0.395 e. The zero-order valence-electron chi connectivity index (χ0n) is 8.31. The summed E-state index contributed by atoms with van der Waals surface area (Å²) >= 11 is 0. The Hall–Kier alpha value is -0.405. The van der Waals surface area contributed by atoms with Crippen molar-refractivity contribution in [3.8, 4) is 0 Å². The molecule has 1 aliphatic heterocycles. The summed E-state index contributed by atoms with van der Waals surface area (Å²) < 4.78 is 11.2. The Balaban J connectivity index is 2.81. The van der Waals surface area contributed by atoms with Gasteiger partial charge < -0.3 is 9.31 Å². The highest BCUT2D eigenvalue weighted by atomic mass is 16.7. The van der Waals surface area contributed by atoms with Crippen LogP contribution in [0.3, 0.4) is 0 Å².